The van der Waals surface area contributed by atoms with Crippen molar-refractivity contribution in [2.75, 3.05) is 11.9 Å². The molecule has 0 amide bonds. The lowest BCUT2D eigenvalue weighted by molar-refractivity contribution is -0.144. The molecule has 4 aromatic carbocycles. The SMILES string of the molecule is CCOC(=O)C(Cc1ccc(OCc2ccccc2)cc1)Nc1ncc(-c2ccccc2)nc1Cc1ccccc1. The molecule has 0 aliphatic rings. The Morgan fingerprint density at radius 1 is 0.780 bits per heavy atom. The number of aromatic nitrogens is 2. The van der Waals surface area contributed by atoms with Crippen molar-refractivity contribution < 1.29 is 14.3 Å². The number of hydrogen-bond donors (Lipinski definition) is 1. The standard InChI is InChI=1S/C35H33N3O3/c1-2-40-35(39)32(23-27-18-20-30(21-19-27)41-25-28-14-8-4-9-15-28)38-34-31(22-26-12-6-3-7-13-26)37-33(24-36-34)29-16-10-5-11-17-29/h3-21,24,32H,2,22-23,25H2,1H3,(H,36,38). The molecule has 5 rings (SSSR count). The van der Waals surface area contributed by atoms with Gasteiger partial charge in [-0.2, -0.15) is 0 Å². The summed E-state index contributed by atoms with van der Waals surface area (Å²) in [6.45, 7) is 2.59. The van der Waals surface area contributed by atoms with Crippen molar-refractivity contribution in [2.24, 2.45) is 0 Å². The van der Waals surface area contributed by atoms with Crippen LogP contribution in [0, 0.1) is 0 Å². The van der Waals surface area contributed by atoms with Gasteiger partial charge in [0, 0.05) is 18.4 Å². The first-order valence-electron chi connectivity index (χ1n) is 13.8. The minimum absolute atomic E-state index is 0.290. The molecule has 0 aliphatic carbocycles. The number of ether oxygens (including phenoxy) is 2. The summed E-state index contributed by atoms with van der Waals surface area (Å²) in [4.78, 5) is 22.8. The lowest BCUT2D eigenvalue weighted by Crippen LogP contribution is -2.34. The first-order valence-corrected chi connectivity index (χ1v) is 13.8. The fourth-order valence-corrected chi connectivity index (χ4v) is 4.51. The summed E-state index contributed by atoms with van der Waals surface area (Å²) in [5, 5.41) is 3.36. The molecule has 1 aromatic heterocycles. The topological polar surface area (TPSA) is 73.3 Å². The Bertz CT molecular complexity index is 1530. The highest BCUT2D eigenvalue weighted by molar-refractivity contribution is 5.79. The van der Waals surface area contributed by atoms with Gasteiger partial charge in [-0.15, -0.1) is 0 Å². The molecule has 1 atom stereocenters. The van der Waals surface area contributed by atoms with Gasteiger partial charge >= 0.3 is 5.97 Å². The van der Waals surface area contributed by atoms with Crippen molar-refractivity contribution in [3.8, 4) is 17.0 Å². The molecule has 206 valence electrons. The van der Waals surface area contributed by atoms with Crippen molar-refractivity contribution in [1.29, 1.82) is 0 Å². The zero-order valence-corrected chi connectivity index (χ0v) is 23.1. The van der Waals surface area contributed by atoms with Gasteiger partial charge in [-0.25, -0.2) is 14.8 Å². The third-order valence-electron chi connectivity index (χ3n) is 6.62. The summed E-state index contributed by atoms with van der Waals surface area (Å²) in [6, 6.07) is 37.3. The molecular weight excluding hydrogens is 510 g/mol. The normalized spacial score (nSPS) is 11.4. The average molecular weight is 544 g/mol. The van der Waals surface area contributed by atoms with Crippen LogP contribution in [0.4, 0.5) is 5.82 Å². The third-order valence-corrected chi connectivity index (χ3v) is 6.62. The molecule has 0 bridgehead atoms. The summed E-state index contributed by atoms with van der Waals surface area (Å²) in [6.07, 6.45) is 2.73. The van der Waals surface area contributed by atoms with Crippen LogP contribution in [0.3, 0.4) is 0 Å². The molecule has 1 unspecified atom stereocenters. The lowest BCUT2D eigenvalue weighted by Gasteiger charge is -2.20. The molecule has 0 aliphatic heterocycles. The first kappa shape index (κ1) is 27.6. The van der Waals surface area contributed by atoms with Crippen molar-refractivity contribution in [1.82, 2.24) is 9.97 Å². The van der Waals surface area contributed by atoms with Gasteiger partial charge in [0.1, 0.15) is 24.2 Å². The van der Waals surface area contributed by atoms with E-state index in [4.69, 9.17) is 19.4 Å². The maximum Gasteiger partial charge on any atom is 0.328 e. The zero-order valence-electron chi connectivity index (χ0n) is 23.1. The molecule has 1 N–H and O–H groups in total. The van der Waals surface area contributed by atoms with Crippen LogP contribution in [0.15, 0.2) is 121 Å². The Labute approximate surface area is 241 Å². The maximum atomic E-state index is 13.1. The molecule has 5 aromatic rings. The number of esters is 1. The largest absolute Gasteiger partial charge is 0.489 e. The number of carbonyl (C=O) groups excluding carboxylic acids is 1. The van der Waals surface area contributed by atoms with Crippen molar-refractivity contribution >= 4 is 11.8 Å². The lowest BCUT2D eigenvalue weighted by atomic mass is 10.0. The van der Waals surface area contributed by atoms with E-state index in [-0.39, 0.29) is 5.97 Å². The van der Waals surface area contributed by atoms with Crippen LogP contribution >= 0.6 is 0 Å². The Morgan fingerprint density at radius 3 is 2.07 bits per heavy atom. The van der Waals surface area contributed by atoms with Crippen LogP contribution in [0.5, 0.6) is 5.75 Å². The van der Waals surface area contributed by atoms with Crippen molar-refractivity contribution in [3.63, 3.8) is 0 Å². The molecule has 6 heteroatoms. The van der Waals surface area contributed by atoms with Crippen LogP contribution in [-0.2, 0) is 29.0 Å². The van der Waals surface area contributed by atoms with Crippen LogP contribution in [0.2, 0.25) is 0 Å². The highest BCUT2D eigenvalue weighted by Crippen LogP contribution is 2.23. The zero-order chi connectivity index (χ0) is 28.3. The Morgan fingerprint density at radius 2 is 1.41 bits per heavy atom. The number of nitrogens with zero attached hydrogens (tertiary/aromatic N) is 2. The van der Waals surface area contributed by atoms with Gasteiger partial charge in [0.05, 0.1) is 24.2 Å². The van der Waals surface area contributed by atoms with Crippen LogP contribution in [0.25, 0.3) is 11.3 Å². The van der Waals surface area contributed by atoms with E-state index >= 15 is 0 Å². The molecular formula is C35H33N3O3. The van der Waals surface area contributed by atoms with Crippen LogP contribution < -0.4 is 10.1 Å². The van der Waals surface area contributed by atoms with Crippen LogP contribution in [-0.4, -0.2) is 28.6 Å². The molecule has 1 heterocycles. The van der Waals surface area contributed by atoms with Crippen molar-refractivity contribution in [3.05, 3.63) is 144 Å². The highest BCUT2D eigenvalue weighted by Gasteiger charge is 2.23. The molecule has 41 heavy (non-hydrogen) atoms. The summed E-state index contributed by atoms with van der Waals surface area (Å²) in [5.41, 5.74) is 5.71. The number of carbonyl (C=O) groups is 1. The van der Waals surface area contributed by atoms with E-state index in [0.29, 0.717) is 31.9 Å². The minimum Gasteiger partial charge on any atom is -0.489 e. The summed E-state index contributed by atoms with van der Waals surface area (Å²) in [5.74, 6) is 0.997. The minimum atomic E-state index is -0.641. The predicted molar refractivity (Wildman–Crippen MR) is 162 cm³/mol. The highest BCUT2D eigenvalue weighted by atomic mass is 16.5. The number of rotatable bonds is 12. The fourth-order valence-electron chi connectivity index (χ4n) is 4.51. The monoisotopic (exact) mass is 543 g/mol. The predicted octanol–water partition coefficient (Wildman–Crippen LogP) is 6.90. The second-order valence-corrected chi connectivity index (χ2v) is 9.65. The molecule has 0 saturated heterocycles. The Kier molecular flexibility index (Phi) is 9.35. The molecule has 6 nitrogen and oxygen atoms in total. The molecule has 0 saturated carbocycles. The van der Waals surface area contributed by atoms with E-state index < -0.39 is 6.04 Å². The van der Waals surface area contributed by atoms with Crippen LogP contribution in [0.1, 0.15) is 29.3 Å². The van der Waals surface area contributed by atoms with Crippen molar-refractivity contribution in [2.45, 2.75) is 32.4 Å². The van der Waals surface area contributed by atoms with Gasteiger partial charge in [-0.3, -0.25) is 0 Å². The second-order valence-electron chi connectivity index (χ2n) is 9.65. The first-order chi connectivity index (χ1) is 20.2. The van der Waals surface area contributed by atoms with Gasteiger partial charge < -0.3 is 14.8 Å². The smallest absolute Gasteiger partial charge is 0.328 e. The van der Waals surface area contributed by atoms with Gasteiger partial charge in [-0.05, 0) is 35.7 Å². The summed E-state index contributed by atoms with van der Waals surface area (Å²) >= 11 is 0. The fraction of sp³-hybridized carbons (Fsp3) is 0.171. The Hall–Kier alpha value is -4.97. The van der Waals surface area contributed by atoms with Gasteiger partial charge in [0.2, 0.25) is 0 Å². The Balaban J connectivity index is 1.36. The number of hydrogen-bond acceptors (Lipinski definition) is 6. The van der Waals surface area contributed by atoms with E-state index in [1.807, 2.05) is 110 Å². The summed E-state index contributed by atoms with van der Waals surface area (Å²) in [7, 11) is 0. The summed E-state index contributed by atoms with van der Waals surface area (Å²) < 4.78 is 11.4. The third kappa shape index (κ3) is 7.79. The maximum absolute atomic E-state index is 13.1. The molecule has 0 spiro atoms. The molecule has 0 fully saturated rings. The number of nitrogens with one attached hydrogen (secondary N) is 1. The van der Waals surface area contributed by atoms with E-state index in [2.05, 4.69) is 17.4 Å². The van der Waals surface area contributed by atoms with E-state index in [1.54, 1.807) is 6.20 Å². The van der Waals surface area contributed by atoms with Gasteiger partial charge in [0.15, 0.2) is 0 Å². The van der Waals surface area contributed by atoms with E-state index in [0.717, 1.165) is 39.4 Å². The number of anilines is 1. The van der Waals surface area contributed by atoms with E-state index in [9.17, 15) is 4.79 Å². The van der Waals surface area contributed by atoms with Gasteiger partial charge in [-0.1, -0.05) is 103 Å². The number of benzene rings is 4. The molecule has 0 radical (unpaired) electrons. The second kappa shape index (κ2) is 13.9. The average Bonchev–Trinajstić information content (AvgIpc) is 3.02. The quantitative estimate of drug-likeness (QED) is 0.173. The van der Waals surface area contributed by atoms with E-state index in [1.165, 1.54) is 0 Å². The van der Waals surface area contributed by atoms with Gasteiger partial charge in [0.25, 0.3) is 0 Å².